The van der Waals surface area contributed by atoms with Crippen LogP contribution in [0.25, 0.3) is 0 Å². The van der Waals surface area contributed by atoms with Crippen LogP contribution in [0, 0.1) is 5.92 Å². The number of nitrogens with two attached hydrogens (primary N) is 1. The number of sulfonamides is 1. The van der Waals surface area contributed by atoms with Crippen LogP contribution in [-0.4, -0.2) is 103 Å². The van der Waals surface area contributed by atoms with Gasteiger partial charge in [0.1, 0.15) is 6.04 Å². The molecule has 2 fully saturated rings. The molecule has 1 aliphatic carbocycles. The molecule has 1 saturated carbocycles. The fraction of sp³-hybridized carbons (Fsp3) is 0.727. The van der Waals surface area contributed by atoms with Gasteiger partial charge in [-0.2, -0.15) is 0 Å². The predicted octanol–water partition coefficient (Wildman–Crippen LogP) is 1.13. The molecular weight excluding hydrogens is 624 g/mol. The Kier molecular flexibility index (Phi) is 15.9. The number of carbonyl (C=O) groups excluding carboxylic acids is 3. The van der Waals surface area contributed by atoms with E-state index in [0.29, 0.717) is 38.3 Å². The Morgan fingerprint density at radius 2 is 1.64 bits per heavy atom. The molecule has 4 atom stereocenters. The highest BCUT2D eigenvalue weighted by Gasteiger charge is 2.29. The van der Waals surface area contributed by atoms with Gasteiger partial charge in [0.25, 0.3) is 0 Å². The minimum atomic E-state index is -3.57. The topological polar surface area (TPSA) is 203 Å². The van der Waals surface area contributed by atoms with E-state index in [1.807, 2.05) is 30.3 Å². The number of nitrogens with zero attached hydrogens (tertiary/aromatic N) is 1. The van der Waals surface area contributed by atoms with Gasteiger partial charge in [0.05, 0.1) is 23.5 Å². The van der Waals surface area contributed by atoms with Crippen LogP contribution in [0.15, 0.2) is 30.3 Å². The lowest BCUT2D eigenvalue weighted by Crippen LogP contribution is -2.54. The smallest absolute Gasteiger partial charge is 0.318 e. The second kappa shape index (κ2) is 19.3. The third kappa shape index (κ3) is 13.7. The van der Waals surface area contributed by atoms with Crippen LogP contribution in [0.5, 0.6) is 0 Å². The molecule has 0 bridgehead atoms. The highest BCUT2D eigenvalue weighted by molar-refractivity contribution is 7.90. The Bertz CT molecular complexity index is 1220. The molecule has 1 aliphatic heterocycles. The molecule has 0 spiro atoms. The number of urea groups is 1. The van der Waals surface area contributed by atoms with E-state index in [0.717, 1.165) is 37.7 Å². The third-order valence-electron chi connectivity index (χ3n) is 9.15. The largest absolute Gasteiger partial charge is 0.392 e. The van der Waals surface area contributed by atoms with Gasteiger partial charge in [0.15, 0.2) is 0 Å². The van der Waals surface area contributed by atoms with Gasteiger partial charge in [-0.3, -0.25) is 9.59 Å². The number of aliphatic hydroxyl groups is 2. The van der Waals surface area contributed by atoms with Crippen LogP contribution < -0.4 is 26.4 Å². The summed E-state index contributed by atoms with van der Waals surface area (Å²) in [4.78, 5) is 41.0. The summed E-state index contributed by atoms with van der Waals surface area (Å²) in [5.41, 5.74) is 6.85. The zero-order valence-electron chi connectivity index (χ0n) is 27.9. The predicted molar refractivity (Wildman–Crippen MR) is 181 cm³/mol. The van der Waals surface area contributed by atoms with E-state index in [-0.39, 0.29) is 50.3 Å². The molecule has 8 N–H and O–H groups in total. The molecule has 0 radical (unpaired) electrons. The van der Waals surface area contributed by atoms with Crippen molar-refractivity contribution in [1.82, 2.24) is 25.6 Å². The third-order valence-corrected chi connectivity index (χ3v) is 11.0. The number of piperidine rings is 1. The van der Waals surface area contributed by atoms with Crippen LogP contribution in [0.2, 0.25) is 0 Å². The van der Waals surface area contributed by atoms with Crippen LogP contribution in [0.1, 0.15) is 83.6 Å². The summed E-state index contributed by atoms with van der Waals surface area (Å²) in [5, 5.41) is 29.4. The van der Waals surface area contributed by atoms with Crippen molar-refractivity contribution in [3.8, 4) is 0 Å². The van der Waals surface area contributed by atoms with Gasteiger partial charge in [-0.25, -0.2) is 17.9 Å². The van der Waals surface area contributed by atoms with Crippen molar-refractivity contribution >= 4 is 27.9 Å². The molecule has 2 aliphatic rings. The van der Waals surface area contributed by atoms with E-state index in [2.05, 4.69) is 20.7 Å². The fourth-order valence-corrected chi connectivity index (χ4v) is 6.86. The first-order chi connectivity index (χ1) is 22.3. The first-order valence-electron chi connectivity index (χ1n) is 17.1. The van der Waals surface area contributed by atoms with Crippen molar-refractivity contribution < 1.29 is 33.0 Å². The number of likely N-dealkylation sites (tertiary alicyclic amines) is 1. The zero-order valence-corrected chi connectivity index (χ0v) is 28.7. The molecule has 1 heterocycles. The van der Waals surface area contributed by atoms with Crippen molar-refractivity contribution in [1.29, 1.82) is 0 Å². The molecule has 4 amide bonds. The highest BCUT2D eigenvalue weighted by Crippen LogP contribution is 2.28. The number of hydrogen-bond donors (Lipinski definition) is 7. The first kappa shape index (κ1) is 38.7. The van der Waals surface area contributed by atoms with Gasteiger partial charge in [0.2, 0.25) is 21.8 Å². The van der Waals surface area contributed by atoms with E-state index in [1.54, 1.807) is 4.90 Å². The molecule has 3 rings (SSSR count). The van der Waals surface area contributed by atoms with Crippen LogP contribution >= 0.6 is 0 Å². The SMILES string of the molecule is CC(C)S(=O)(=O)NC[C@@H](O)C[C@H](O)[C@H](CC1CCCCC1)NC(=O)CCNC(=O)[C@H](Cc1ccccc1)NC(=O)N1CCC(N)CC1. The number of aliphatic hydroxyl groups excluding tert-OH is 2. The van der Waals surface area contributed by atoms with E-state index in [9.17, 15) is 33.0 Å². The van der Waals surface area contributed by atoms with Crippen molar-refractivity contribution in [3.05, 3.63) is 35.9 Å². The summed E-state index contributed by atoms with van der Waals surface area (Å²) in [5.74, 6) is -0.457. The maximum Gasteiger partial charge on any atom is 0.318 e. The summed E-state index contributed by atoms with van der Waals surface area (Å²) in [6, 6.07) is 7.62. The second-order valence-corrected chi connectivity index (χ2v) is 15.7. The number of nitrogens with one attached hydrogen (secondary N) is 4. The molecular formula is C33H56N6O7S. The van der Waals surface area contributed by atoms with E-state index in [1.165, 1.54) is 13.8 Å². The first-order valence-corrected chi connectivity index (χ1v) is 18.6. The van der Waals surface area contributed by atoms with Gasteiger partial charge >= 0.3 is 6.03 Å². The quantitative estimate of drug-likeness (QED) is 0.127. The van der Waals surface area contributed by atoms with Crippen LogP contribution in [0.3, 0.4) is 0 Å². The standard InChI is InChI=1S/C33H56N6O7S/c1-23(2)47(45,46)36-22-27(40)21-30(41)28(19-24-9-5-3-6-10-24)37-31(42)13-16-35-32(43)29(20-25-11-7-4-8-12-25)38-33(44)39-17-14-26(34)15-18-39/h4,7-8,11-12,23-24,26-30,36,40-41H,3,5-6,9-10,13-22,34H2,1-2H3,(H,35,43)(H,37,42)(H,38,44)/t27-,28-,29-,30-/m0/s1. The van der Waals surface area contributed by atoms with Gasteiger partial charge in [-0.1, -0.05) is 62.4 Å². The molecule has 13 nitrogen and oxygen atoms in total. The maximum atomic E-state index is 13.3. The number of hydrogen-bond acceptors (Lipinski definition) is 8. The molecule has 1 aromatic rings. The summed E-state index contributed by atoms with van der Waals surface area (Å²) in [6.45, 7) is 3.90. The Balaban J connectivity index is 1.56. The average Bonchev–Trinajstić information content (AvgIpc) is 3.04. The number of benzene rings is 1. The van der Waals surface area contributed by atoms with Crippen molar-refractivity contribution in [3.63, 3.8) is 0 Å². The molecule has 47 heavy (non-hydrogen) atoms. The van der Waals surface area contributed by atoms with Gasteiger partial charge in [-0.05, 0) is 44.6 Å². The van der Waals surface area contributed by atoms with Crippen LogP contribution in [0.4, 0.5) is 4.79 Å². The number of rotatable bonds is 17. The lowest BCUT2D eigenvalue weighted by Gasteiger charge is -2.31. The van der Waals surface area contributed by atoms with Crippen molar-refractivity contribution in [2.75, 3.05) is 26.2 Å². The van der Waals surface area contributed by atoms with Gasteiger partial charge in [-0.15, -0.1) is 0 Å². The molecule has 0 unspecified atom stereocenters. The highest BCUT2D eigenvalue weighted by atomic mass is 32.2. The number of amides is 4. The lowest BCUT2D eigenvalue weighted by atomic mass is 9.83. The van der Waals surface area contributed by atoms with Crippen molar-refractivity contribution in [2.45, 2.75) is 120 Å². The summed E-state index contributed by atoms with van der Waals surface area (Å²) in [6.07, 6.45) is 5.13. The van der Waals surface area contributed by atoms with Gasteiger partial charge in [0, 0.05) is 51.5 Å². The van der Waals surface area contributed by atoms with E-state index in [4.69, 9.17) is 5.73 Å². The average molecular weight is 681 g/mol. The lowest BCUT2D eigenvalue weighted by molar-refractivity contribution is -0.124. The number of carbonyl (C=O) groups is 3. The summed E-state index contributed by atoms with van der Waals surface area (Å²) in [7, 11) is -3.57. The Morgan fingerprint density at radius 1 is 0.979 bits per heavy atom. The fourth-order valence-electron chi connectivity index (χ4n) is 6.10. The monoisotopic (exact) mass is 680 g/mol. The Hall–Kier alpha value is -2.78. The second-order valence-electron chi connectivity index (χ2n) is 13.4. The maximum absolute atomic E-state index is 13.3. The molecule has 14 heteroatoms. The summed E-state index contributed by atoms with van der Waals surface area (Å²) < 4.78 is 26.5. The van der Waals surface area contributed by atoms with Crippen molar-refractivity contribution in [2.24, 2.45) is 11.7 Å². The zero-order chi connectivity index (χ0) is 34.4. The molecule has 1 saturated heterocycles. The molecule has 266 valence electrons. The summed E-state index contributed by atoms with van der Waals surface area (Å²) >= 11 is 0. The minimum absolute atomic E-state index is 0.0241. The van der Waals surface area contributed by atoms with E-state index < -0.39 is 45.5 Å². The Morgan fingerprint density at radius 3 is 2.28 bits per heavy atom. The van der Waals surface area contributed by atoms with E-state index >= 15 is 0 Å². The van der Waals surface area contributed by atoms with Crippen LogP contribution in [-0.2, 0) is 26.0 Å². The Labute approximate surface area is 279 Å². The molecule has 1 aromatic carbocycles. The molecule has 0 aromatic heterocycles. The minimum Gasteiger partial charge on any atom is -0.392 e. The van der Waals surface area contributed by atoms with Gasteiger partial charge < -0.3 is 36.8 Å². The normalized spacial score (nSPS) is 19.1.